The Morgan fingerprint density at radius 2 is 2.08 bits per heavy atom. The molecule has 0 radical (unpaired) electrons. The fraction of sp³-hybridized carbons (Fsp3) is 0.316. The van der Waals surface area contributed by atoms with Gasteiger partial charge in [0.15, 0.2) is 11.6 Å². The number of nitrogens with zero attached hydrogens (tertiary/aromatic N) is 1. The molecule has 132 valence electrons. The van der Waals surface area contributed by atoms with E-state index in [1.807, 2.05) is 7.05 Å². The Bertz CT molecular complexity index is 752. The molecule has 1 atom stereocenters. The van der Waals surface area contributed by atoms with Gasteiger partial charge in [0.2, 0.25) is 0 Å². The fourth-order valence-electron chi connectivity index (χ4n) is 3.00. The Kier molecular flexibility index (Phi) is 5.56. The highest BCUT2D eigenvalue weighted by atomic mass is 35.5. The fourth-order valence-corrected chi connectivity index (χ4v) is 3.13. The van der Waals surface area contributed by atoms with E-state index in [9.17, 15) is 9.18 Å². The average molecular weight is 363 g/mol. The maximum atomic E-state index is 14.3. The van der Waals surface area contributed by atoms with Gasteiger partial charge in [-0.2, -0.15) is 0 Å². The number of benzene rings is 2. The topological polar surface area (TPSA) is 41.6 Å². The smallest absolute Gasteiger partial charge is 0.253 e. The minimum atomic E-state index is -0.563. The molecule has 6 heteroatoms. The standard InChI is InChI=1S/C19H20ClFN2O2/c1-22-11-13-8-9-23(12-13)19(24)14-2-7-18(17(21)10-14)25-16-5-3-15(20)4-6-16/h2-7,10,13,22H,8-9,11-12H2,1H3/t13-/m1/s1. The molecule has 1 heterocycles. The molecule has 3 rings (SSSR count). The molecule has 0 aromatic heterocycles. The molecule has 0 bridgehead atoms. The Hall–Kier alpha value is -2.11. The lowest BCUT2D eigenvalue weighted by Crippen LogP contribution is -2.30. The predicted molar refractivity (Wildman–Crippen MR) is 95.9 cm³/mol. The zero-order valence-corrected chi connectivity index (χ0v) is 14.7. The van der Waals surface area contributed by atoms with Crippen molar-refractivity contribution in [2.45, 2.75) is 6.42 Å². The van der Waals surface area contributed by atoms with E-state index in [1.54, 1.807) is 35.2 Å². The highest BCUT2D eigenvalue weighted by Gasteiger charge is 2.26. The summed E-state index contributed by atoms with van der Waals surface area (Å²) in [5.41, 5.74) is 0.339. The van der Waals surface area contributed by atoms with Gasteiger partial charge in [0.25, 0.3) is 5.91 Å². The number of hydrogen-bond donors (Lipinski definition) is 1. The van der Waals surface area contributed by atoms with Crippen molar-refractivity contribution in [2.24, 2.45) is 5.92 Å². The molecular formula is C19H20ClFN2O2. The van der Waals surface area contributed by atoms with E-state index in [1.165, 1.54) is 12.1 Å². The van der Waals surface area contributed by atoms with E-state index in [0.29, 0.717) is 35.3 Å². The van der Waals surface area contributed by atoms with Gasteiger partial charge in [0, 0.05) is 23.7 Å². The van der Waals surface area contributed by atoms with Crippen LogP contribution in [0.3, 0.4) is 0 Å². The van der Waals surface area contributed by atoms with Gasteiger partial charge in [-0.1, -0.05) is 11.6 Å². The van der Waals surface area contributed by atoms with Gasteiger partial charge < -0.3 is 15.0 Å². The Balaban J connectivity index is 1.69. The summed E-state index contributed by atoms with van der Waals surface area (Å²) in [6.07, 6.45) is 0.965. The Labute approximate surface area is 151 Å². The van der Waals surface area contributed by atoms with Crippen molar-refractivity contribution in [3.8, 4) is 11.5 Å². The summed E-state index contributed by atoms with van der Waals surface area (Å²) in [7, 11) is 1.90. The van der Waals surface area contributed by atoms with Crippen LogP contribution in [0.1, 0.15) is 16.8 Å². The van der Waals surface area contributed by atoms with Crippen molar-refractivity contribution in [3.63, 3.8) is 0 Å². The van der Waals surface area contributed by atoms with Crippen molar-refractivity contribution in [2.75, 3.05) is 26.7 Å². The maximum absolute atomic E-state index is 14.3. The molecule has 0 spiro atoms. The summed E-state index contributed by atoms with van der Waals surface area (Å²) in [5.74, 6) is 0.304. The van der Waals surface area contributed by atoms with Gasteiger partial charge in [-0.3, -0.25) is 4.79 Å². The van der Waals surface area contributed by atoms with Gasteiger partial charge in [0.05, 0.1) is 0 Å². The molecule has 1 aliphatic heterocycles. The lowest BCUT2D eigenvalue weighted by Gasteiger charge is -2.17. The highest BCUT2D eigenvalue weighted by Crippen LogP contribution is 2.27. The summed E-state index contributed by atoms with van der Waals surface area (Å²) < 4.78 is 19.8. The van der Waals surface area contributed by atoms with Crippen LogP contribution in [0.4, 0.5) is 4.39 Å². The molecule has 0 saturated carbocycles. The first-order valence-corrected chi connectivity index (χ1v) is 8.61. The normalized spacial score (nSPS) is 16.9. The molecule has 1 N–H and O–H groups in total. The number of nitrogens with one attached hydrogen (secondary N) is 1. The van der Waals surface area contributed by atoms with Crippen LogP contribution in [-0.4, -0.2) is 37.5 Å². The zero-order chi connectivity index (χ0) is 17.8. The number of halogens is 2. The lowest BCUT2D eigenvalue weighted by atomic mass is 10.1. The van der Waals surface area contributed by atoms with Crippen LogP contribution in [0.5, 0.6) is 11.5 Å². The molecular weight excluding hydrogens is 343 g/mol. The first-order valence-electron chi connectivity index (χ1n) is 8.23. The molecule has 1 fully saturated rings. The average Bonchev–Trinajstić information content (AvgIpc) is 3.07. The number of amides is 1. The van der Waals surface area contributed by atoms with Gasteiger partial charge in [-0.25, -0.2) is 4.39 Å². The summed E-state index contributed by atoms with van der Waals surface area (Å²) in [5, 5.41) is 3.71. The van der Waals surface area contributed by atoms with Gasteiger partial charge in [-0.15, -0.1) is 0 Å². The minimum Gasteiger partial charge on any atom is -0.454 e. The second-order valence-electron chi connectivity index (χ2n) is 6.16. The van der Waals surface area contributed by atoms with Crippen molar-refractivity contribution in [1.82, 2.24) is 10.2 Å². The summed E-state index contributed by atoms with van der Waals surface area (Å²) in [6, 6.07) is 11.0. The largest absolute Gasteiger partial charge is 0.454 e. The second-order valence-corrected chi connectivity index (χ2v) is 6.60. The summed E-state index contributed by atoms with van der Waals surface area (Å²) >= 11 is 5.82. The summed E-state index contributed by atoms with van der Waals surface area (Å²) in [4.78, 5) is 14.3. The predicted octanol–water partition coefficient (Wildman–Crippen LogP) is 3.95. The van der Waals surface area contributed by atoms with E-state index >= 15 is 0 Å². The van der Waals surface area contributed by atoms with E-state index < -0.39 is 5.82 Å². The van der Waals surface area contributed by atoms with Crippen LogP contribution in [0, 0.1) is 11.7 Å². The second kappa shape index (κ2) is 7.85. The number of hydrogen-bond acceptors (Lipinski definition) is 3. The quantitative estimate of drug-likeness (QED) is 0.875. The minimum absolute atomic E-state index is 0.0772. The molecule has 2 aromatic rings. The van der Waals surface area contributed by atoms with Crippen LogP contribution in [-0.2, 0) is 0 Å². The number of rotatable bonds is 5. The van der Waals surface area contributed by atoms with Crippen LogP contribution < -0.4 is 10.1 Å². The molecule has 1 amide bonds. The highest BCUT2D eigenvalue weighted by molar-refractivity contribution is 6.30. The molecule has 1 aliphatic rings. The van der Waals surface area contributed by atoms with Crippen molar-refractivity contribution in [1.29, 1.82) is 0 Å². The SMILES string of the molecule is CNC[C@H]1CCN(C(=O)c2ccc(Oc3ccc(Cl)cc3)c(F)c2)C1. The third-order valence-electron chi connectivity index (χ3n) is 4.29. The lowest BCUT2D eigenvalue weighted by molar-refractivity contribution is 0.0786. The molecule has 4 nitrogen and oxygen atoms in total. The van der Waals surface area contributed by atoms with E-state index in [2.05, 4.69) is 5.32 Å². The third-order valence-corrected chi connectivity index (χ3v) is 4.54. The van der Waals surface area contributed by atoms with E-state index in [0.717, 1.165) is 13.0 Å². The van der Waals surface area contributed by atoms with Crippen molar-refractivity contribution >= 4 is 17.5 Å². The van der Waals surface area contributed by atoms with Gasteiger partial charge in [-0.05, 0) is 68.4 Å². The van der Waals surface area contributed by atoms with Crippen LogP contribution >= 0.6 is 11.6 Å². The first kappa shape index (κ1) is 17.7. The first-order chi connectivity index (χ1) is 12.1. The van der Waals surface area contributed by atoms with Crippen LogP contribution in [0.2, 0.25) is 5.02 Å². The van der Waals surface area contributed by atoms with Gasteiger partial charge >= 0.3 is 0 Å². The summed E-state index contributed by atoms with van der Waals surface area (Å²) in [6.45, 7) is 2.28. The number of likely N-dealkylation sites (tertiary alicyclic amines) is 1. The molecule has 0 unspecified atom stereocenters. The molecule has 2 aromatic carbocycles. The number of carbonyl (C=O) groups is 1. The Morgan fingerprint density at radius 3 is 2.76 bits per heavy atom. The third kappa shape index (κ3) is 4.30. The van der Waals surface area contributed by atoms with Crippen molar-refractivity contribution in [3.05, 3.63) is 58.9 Å². The van der Waals surface area contributed by atoms with Crippen molar-refractivity contribution < 1.29 is 13.9 Å². The number of ether oxygens (including phenoxy) is 1. The van der Waals surface area contributed by atoms with Gasteiger partial charge in [0.1, 0.15) is 5.75 Å². The Morgan fingerprint density at radius 1 is 1.32 bits per heavy atom. The monoisotopic (exact) mass is 362 g/mol. The number of carbonyl (C=O) groups excluding carboxylic acids is 1. The zero-order valence-electron chi connectivity index (χ0n) is 14.0. The molecule has 0 aliphatic carbocycles. The maximum Gasteiger partial charge on any atom is 0.253 e. The van der Waals surface area contributed by atoms with E-state index in [-0.39, 0.29) is 11.7 Å². The van der Waals surface area contributed by atoms with Crippen LogP contribution in [0.15, 0.2) is 42.5 Å². The van der Waals surface area contributed by atoms with E-state index in [4.69, 9.17) is 16.3 Å². The van der Waals surface area contributed by atoms with Crippen LogP contribution in [0.25, 0.3) is 0 Å². The molecule has 1 saturated heterocycles. The molecule has 25 heavy (non-hydrogen) atoms.